The lowest BCUT2D eigenvalue weighted by molar-refractivity contribution is -0.121. The molecule has 1 rings (SSSR count). The molecule has 2 N–H and O–H groups in total. The van der Waals surface area contributed by atoms with E-state index in [4.69, 9.17) is 4.42 Å². The average Bonchev–Trinajstić information content (AvgIpc) is 2.55. The minimum absolute atomic E-state index is 0.200. The second-order valence-corrected chi connectivity index (χ2v) is 3.58. The van der Waals surface area contributed by atoms with Gasteiger partial charge in [-0.15, -0.1) is 0 Å². The van der Waals surface area contributed by atoms with Gasteiger partial charge in [-0.25, -0.2) is 0 Å². The van der Waals surface area contributed by atoms with Gasteiger partial charge in [0, 0.05) is 6.42 Å². The molecular weight excluding hydrogens is 208 g/mol. The first-order valence-electron chi connectivity index (χ1n) is 5.20. The molecule has 88 valence electrons. The smallest absolute Gasteiger partial charge is 0.273 e. The molecule has 1 aromatic rings. The van der Waals surface area contributed by atoms with Gasteiger partial charge in [-0.3, -0.25) is 20.4 Å². The third-order valence-electron chi connectivity index (χ3n) is 2.08. The Labute approximate surface area is 94.2 Å². The molecule has 0 atom stereocenters. The highest BCUT2D eigenvalue weighted by Gasteiger charge is 2.13. The molecule has 0 radical (unpaired) electrons. The Bertz CT molecular complexity index is 396. The Balaban J connectivity index is 2.53. The molecule has 0 aromatic carbocycles. The zero-order valence-electron chi connectivity index (χ0n) is 9.72. The zero-order chi connectivity index (χ0) is 12.1. The largest absolute Gasteiger partial charge is 0.466 e. The lowest BCUT2D eigenvalue weighted by atomic mass is 10.2. The number of furan rings is 1. The summed E-state index contributed by atoms with van der Waals surface area (Å²) in [5.74, 6) is 0.648. The van der Waals surface area contributed by atoms with Gasteiger partial charge in [0.2, 0.25) is 5.91 Å². The van der Waals surface area contributed by atoms with E-state index in [1.807, 2.05) is 6.92 Å². The third kappa shape index (κ3) is 3.12. The summed E-state index contributed by atoms with van der Waals surface area (Å²) in [4.78, 5) is 22.7. The number of carbonyl (C=O) groups excluding carboxylic acids is 2. The van der Waals surface area contributed by atoms with Gasteiger partial charge in [-0.1, -0.05) is 6.92 Å². The fourth-order valence-corrected chi connectivity index (χ4v) is 1.34. The summed E-state index contributed by atoms with van der Waals surface area (Å²) in [6.45, 7) is 5.36. The van der Waals surface area contributed by atoms with Crippen LogP contribution in [0.15, 0.2) is 10.5 Å². The van der Waals surface area contributed by atoms with Crippen molar-refractivity contribution in [3.63, 3.8) is 0 Å². The summed E-state index contributed by atoms with van der Waals surface area (Å²) in [6.07, 6.45) is 1.13. The Morgan fingerprint density at radius 2 is 2.00 bits per heavy atom. The van der Waals surface area contributed by atoms with Gasteiger partial charge in [-0.05, 0) is 26.3 Å². The van der Waals surface area contributed by atoms with Crippen molar-refractivity contribution in [3.8, 4) is 0 Å². The molecule has 0 bridgehead atoms. The number of aryl methyl sites for hydroxylation is 2. The van der Waals surface area contributed by atoms with Gasteiger partial charge < -0.3 is 4.42 Å². The summed E-state index contributed by atoms with van der Waals surface area (Å²) in [5, 5.41) is 0. The SMILES string of the molecule is CCCC(=O)NNC(=O)c1cc(C)oc1C. The number of rotatable bonds is 3. The molecule has 0 unspecified atom stereocenters. The monoisotopic (exact) mass is 224 g/mol. The van der Waals surface area contributed by atoms with Crippen molar-refractivity contribution in [3.05, 3.63) is 23.2 Å². The van der Waals surface area contributed by atoms with Crippen LogP contribution in [0.4, 0.5) is 0 Å². The van der Waals surface area contributed by atoms with E-state index in [1.165, 1.54) is 0 Å². The molecule has 16 heavy (non-hydrogen) atoms. The zero-order valence-corrected chi connectivity index (χ0v) is 9.72. The standard InChI is InChI=1S/C11H16N2O3/c1-4-5-10(14)12-13-11(15)9-6-7(2)16-8(9)3/h6H,4-5H2,1-3H3,(H,12,14)(H,13,15). The van der Waals surface area contributed by atoms with E-state index in [1.54, 1.807) is 19.9 Å². The molecule has 0 saturated heterocycles. The Morgan fingerprint density at radius 1 is 1.31 bits per heavy atom. The van der Waals surface area contributed by atoms with Gasteiger partial charge in [0.15, 0.2) is 0 Å². The van der Waals surface area contributed by atoms with Crippen molar-refractivity contribution in [1.82, 2.24) is 10.9 Å². The topological polar surface area (TPSA) is 71.3 Å². The van der Waals surface area contributed by atoms with E-state index in [-0.39, 0.29) is 11.8 Å². The number of hydrazine groups is 1. The van der Waals surface area contributed by atoms with Crippen LogP contribution in [0.5, 0.6) is 0 Å². The molecule has 2 amide bonds. The average molecular weight is 224 g/mol. The van der Waals surface area contributed by atoms with Crippen molar-refractivity contribution in [2.75, 3.05) is 0 Å². The highest BCUT2D eigenvalue weighted by atomic mass is 16.3. The van der Waals surface area contributed by atoms with Gasteiger partial charge in [-0.2, -0.15) is 0 Å². The highest BCUT2D eigenvalue weighted by molar-refractivity contribution is 5.96. The van der Waals surface area contributed by atoms with Crippen molar-refractivity contribution in [2.24, 2.45) is 0 Å². The molecule has 0 saturated carbocycles. The lowest BCUT2D eigenvalue weighted by Gasteiger charge is -2.05. The molecular formula is C11H16N2O3. The Morgan fingerprint density at radius 3 is 2.50 bits per heavy atom. The first-order chi connectivity index (χ1) is 7.54. The minimum Gasteiger partial charge on any atom is -0.466 e. The van der Waals surface area contributed by atoms with Crippen LogP contribution in [0.3, 0.4) is 0 Å². The van der Waals surface area contributed by atoms with E-state index in [9.17, 15) is 9.59 Å². The fourth-order valence-electron chi connectivity index (χ4n) is 1.34. The van der Waals surface area contributed by atoms with Gasteiger partial charge >= 0.3 is 0 Å². The second-order valence-electron chi connectivity index (χ2n) is 3.58. The first kappa shape index (κ1) is 12.3. The molecule has 1 heterocycles. The lowest BCUT2D eigenvalue weighted by Crippen LogP contribution is -2.41. The summed E-state index contributed by atoms with van der Waals surface area (Å²) >= 11 is 0. The normalized spacial score (nSPS) is 9.94. The first-order valence-corrected chi connectivity index (χ1v) is 5.20. The van der Waals surface area contributed by atoms with Crippen LogP contribution in [-0.2, 0) is 4.79 Å². The van der Waals surface area contributed by atoms with E-state index in [2.05, 4.69) is 10.9 Å². The van der Waals surface area contributed by atoms with Crippen molar-refractivity contribution >= 4 is 11.8 Å². The van der Waals surface area contributed by atoms with E-state index < -0.39 is 0 Å². The van der Waals surface area contributed by atoms with Crippen LogP contribution < -0.4 is 10.9 Å². The van der Waals surface area contributed by atoms with E-state index in [0.29, 0.717) is 23.5 Å². The summed E-state index contributed by atoms with van der Waals surface area (Å²) < 4.78 is 5.22. The van der Waals surface area contributed by atoms with E-state index >= 15 is 0 Å². The molecule has 0 aliphatic carbocycles. The Hall–Kier alpha value is -1.78. The number of hydrogen-bond acceptors (Lipinski definition) is 3. The molecule has 5 nitrogen and oxygen atoms in total. The predicted molar refractivity (Wildman–Crippen MR) is 58.7 cm³/mol. The molecule has 0 fully saturated rings. The van der Waals surface area contributed by atoms with Gasteiger partial charge in [0.05, 0.1) is 5.56 Å². The maximum absolute atomic E-state index is 11.6. The second kappa shape index (κ2) is 5.34. The number of carbonyl (C=O) groups is 2. The number of nitrogens with one attached hydrogen (secondary N) is 2. The number of amides is 2. The molecule has 0 spiro atoms. The molecule has 0 aliphatic heterocycles. The van der Waals surface area contributed by atoms with Crippen LogP contribution in [-0.4, -0.2) is 11.8 Å². The summed E-state index contributed by atoms with van der Waals surface area (Å²) in [5.41, 5.74) is 5.12. The Kier molecular flexibility index (Phi) is 4.10. The van der Waals surface area contributed by atoms with Crippen LogP contribution in [0.2, 0.25) is 0 Å². The van der Waals surface area contributed by atoms with Crippen molar-refractivity contribution in [1.29, 1.82) is 0 Å². The van der Waals surface area contributed by atoms with Gasteiger partial charge in [0.25, 0.3) is 5.91 Å². The van der Waals surface area contributed by atoms with Crippen LogP contribution in [0.25, 0.3) is 0 Å². The van der Waals surface area contributed by atoms with Crippen LogP contribution in [0.1, 0.15) is 41.6 Å². The molecule has 1 aromatic heterocycles. The van der Waals surface area contributed by atoms with Crippen LogP contribution in [0, 0.1) is 13.8 Å². The number of hydrogen-bond donors (Lipinski definition) is 2. The molecule has 0 aliphatic rings. The quantitative estimate of drug-likeness (QED) is 0.763. The third-order valence-corrected chi connectivity index (χ3v) is 2.08. The summed E-state index contributed by atoms with van der Waals surface area (Å²) in [6, 6.07) is 1.64. The maximum Gasteiger partial charge on any atom is 0.273 e. The predicted octanol–water partition coefficient (Wildman–Crippen LogP) is 1.46. The fraction of sp³-hybridized carbons (Fsp3) is 0.455. The minimum atomic E-state index is -0.362. The van der Waals surface area contributed by atoms with Crippen LogP contribution >= 0.6 is 0 Å². The molecule has 5 heteroatoms. The maximum atomic E-state index is 11.6. The van der Waals surface area contributed by atoms with Crippen molar-refractivity contribution in [2.45, 2.75) is 33.6 Å². The highest BCUT2D eigenvalue weighted by Crippen LogP contribution is 2.12. The van der Waals surface area contributed by atoms with E-state index in [0.717, 1.165) is 6.42 Å². The summed E-state index contributed by atoms with van der Waals surface area (Å²) in [7, 11) is 0. The van der Waals surface area contributed by atoms with Crippen molar-refractivity contribution < 1.29 is 14.0 Å². The van der Waals surface area contributed by atoms with Gasteiger partial charge in [0.1, 0.15) is 11.5 Å².